The fourth-order valence-corrected chi connectivity index (χ4v) is 1.14. The van der Waals surface area contributed by atoms with Crippen molar-refractivity contribution in [2.24, 2.45) is 5.92 Å². The molecule has 4 nitrogen and oxygen atoms in total. The lowest BCUT2D eigenvalue weighted by Gasteiger charge is -2.20. The van der Waals surface area contributed by atoms with Crippen LogP contribution in [0.3, 0.4) is 0 Å². The molecule has 28 heavy (non-hydrogen) atoms. The largest absolute Gasteiger partial charge is 0.478 e. The van der Waals surface area contributed by atoms with E-state index in [9.17, 15) is 53.5 Å². The van der Waals surface area contributed by atoms with Crippen molar-refractivity contribution in [3.63, 3.8) is 0 Å². The third-order valence-electron chi connectivity index (χ3n) is 2.43. The lowest BCUT2D eigenvalue weighted by atomic mass is 10.1. The van der Waals surface area contributed by atoms with Gasteiger partial charge in [-0.3, -0.25) is 0 Å². The van der Waals surface area contributed by atoms with Crippen LogP contribution in [0.25, 0.3) is 0 Å². The van der Waals surface area contributed by atoms with Crippen LogP contribution in [0, 0.1) is 5.92 Å². The van der Waals surface area contributed by atoms with Crippen LogP contribution < -0.4 is 0 Å². The maximum Gasteiger partial charge on any atom is 0.403 e. The number of rotatable bonds is 5. The summed E-state index contributed by atoms with van der Waals surface area (Å²) in [5.74, 6) is -6.74. The van der Waals surface area contributed by atoms with E-state index < -0.39 is 54.7 Å². The van der Waals surface area contributed by atoms with Crippen molar-refractivity contribution >= 4 is 11.9 Å². The molecule has 1 N–H and O–H groups in total. The Bertz CT molecular complexity index is 572. The lowest BCUT2D eigenvalue weighted by Crippen LogP contribution is -2.35. The number of allylic oxidation sites excluding steroid dienone is 1. The molecule has 0 saturated heterocycles. The van der Waals surface area contributed by atoms with Gasteiger partial charge in [-0.05, 0) is 13.8 Å². The molecule has 0 radical (unpaired) electrons. The Labute approximate surface area is 151 Å². The van der Waals surface area contributed by atoms with E-state index in [1.807, 2.05) is 0 Å². The first-order valence-corrected chi connectivity index (χ1v) is 6.81. The first-order chi connectivity index (χ1) is 12.2. The Hall–Kier alpha value is -2.28. The number of carboxylic acids is 1. The van der Waals surface area contributed by atoms with Gasteiger partial charge in [0.05, 0.1) is 0 Å². The second kappa shape index (κ2) is 10.3. The predicted octanol–water partition coefficient (Wildman–Crippen LogP) is 5.11. The summed E-state index contributed by atoms with van der Waals surface area (Å²) in [6, 6.07) is 0. The van der Waals surface area contributed by atoms with Crippen LogP contribution in [0.1, 0.15) is 20.3 Å². The highest BCUT2D eigenvalue weighted by molar-refractivity contribution is 5.87. The van der Waals surface area contributed by atoms with Crippen molar-refractivity contribution in [3.8, 4) is 0 Å². The molecule has 0 aromatic carbocycles. The maximum atomic E-state index is 12.3. The van der Waals surface area contributed by atoms with Crippen LogP contribution >= 0.6 is 0 Å². The number of ether oxygens (including phenoxy) is 1. The molecule has 164 valence electrons. The summed E-state index contributed by atoms with van der Waals surface area (Å²) in [7, 11) is 0. The Balaban J connectivity index is 0. The highest BCUT2D eigenvalue weighted by Crippen LogP contribution is 2.40. The van der Waals surface area contributed by atoms with E-state index in [0.717, 1.165) is 0 Å². The number of carbonyl (C=O) groups is 2. The summed E-state index contributed by atoms with van der Waals surface area (Å²) >= 11 is 0. The Morgan fingerprint density at radius 2 is 1.39 bits per heavy atom. The number of hydrogen-bond acceptors (Lipinski definition) is 3. The van der Waals surface area contributed by atoms with Gasteiger partial charge in [-0.15, -0.1) is 0 Å². The fourth-order valence-electron chi connectivity index (χ4n) is 1.14. The second-order valence-corrected chi connectivity index (χ2v) is 5.13. The Morgan fingerprint density at radius 3 is 1.64 bits per heavy atom. The molecule has 1 atom stereocenters. The van der Waals surface area contributed by atoms with Crippen molar-refractivity contribution < 1.29 is 63.3 Å². The zero-order valence-electron chi connectivity index (χ0n) is 14.1. The van der Waals surface area contributed by atoms with E-state index >= 15 is 0 Å². The van der Waals surface area contributed by atoms with Crippen LogP contribution in [-0.2, 0) is 14.3 Å². The smallest absolute Gasteiger partial charge is 0.403 e. The minimum absolute atomic E-state index is 0.148. The van der Waals surface area contributed by atoms with Gasteiger partial charge in [-0.1, -0.05) is 12.7 Å². The molecule has 0 fully saturated rings. The molecule has 0 aromatic rings. The topological polar surface area (TPSA) is 63.6 Å². The van der Waals surface area contributed by atoms with Crippen LogP contribution in [0.4, 0.5) is 43.9 Å². The second-order valence-electron chi connectivity index (χ2n) is 5.13. The van der Waals surface area contributed by atoms with E-state index in [4.69, 9.17) is 5.11 Å². The number of hydrogen-bond donors (Lipinski definition) is 1. The van der Waals surface area contributed by atoms with Gasteiger partial charge in [0.15, 0.2) is 5.92 Å². The van der Waals surface area contributed by atoms with Crippen molar-refractivity contribution in [3.05, 3.63) is 23.8 Å². The van der Waals surface area contributed by atoms with Gasteiger partial charge in [-0.2, -0.15) is 39.5 Å². The molecule has 0 saturated carbocycles. The molecule has 0 aliphatic carbocycles. The third-order valence-corrected chi connectivity index (χ3v) is 2.43. The van der Waals surface area contributed by atoms with Crippen LogP contribution in [0.2, 0.25) is 0 Å². The minimum Gasteiger partial charge on any atom is -0.478 e. The number of aliphatic carboxylic acids is 1. The SMILES string of the molecule is C=C(C)C(=O)OC(F)CC(F)(F)F.CC(=CC(C(F)(F)F)C(F)(F)F)C(=O)O. The van der Waals surface area contributed by atoms with Crippen molar-refractivity contribution in [1.29, 1.82) is 0 Å². The number of alkyl halides is 10. The molecular weight excluding hydrogens is 422 g/mol. The fraction of sp³-hybridized carbons (Fsp3) is 0.571. The standard InChI is InChI=1S/C7H6F6O2.C7H8F4O2/c1-3(5(14)15)2-4(6(8,9)10)7(11,12)13;1-4(2)6(12)13-5(8)3-7(9,10)11/h2,4H,1H3,(H,14,15);5H,1,3H2,2H3. The molecule has 0 aliphatic rings. The first kappa shape index (κ1) is 27.9. The molecule has 0 aromatic heterocycles. The van der Waals surface area contributed by atoms with Gasteiger partial charge in [0, 0.05) is 11.1 Å². The van der Waals surface area contributed by atoms with Gasteiger partial charge in [-0.25, -0.2) is 14.0 Å². The highest BCUT2D eigenvalue weighted by atomic mass is 19.4. The molecule has 0 bridgehead atoms. The number of carbonyl (C=O) groups excluding carboxylic acids is 1. The van der Waals surface area contributed by atoms with E-state index in [-0.39, 0.29) is 11.6 Å². The summed E-state index contributed by atoms with van der Waals surface area (Å²) < 4.78 is 122. The van der Waals surface area contributed by atoms with E-state index in [1.165, 1.54) is 6.92 Å². The van der Waals surface area contributed by atoms with E-state index in [2.05, 4.69) is 11.3 Å². The summed E-state index contributed by atoms with van der Waals surface area (Å²) in [4.78, 5) is 20.6. The predicted molar refractivity (Wildman–Crippen MR) is 73.5 cm³/mol. The van der Waals surface area contributed by atoms with Gasteiger partial charge in [0.1, 0.15) is 6.42 Å². The first-order valence-electron chi connectivity index (χ1n) is 6.81. The third kappa shape index (κ3) is 13.0. The minimum atomic E-state index is -5.55. The van der Waals surface area contributed by atoms with Gasteiger partial charge in [0.25, 0.3) is 6.36 Å². The average Bonchev–Trinajstić information content (AvgIpc) is 2.39. The van der Waals surface area contributed by atoms with E-state index in [0.29, 0.717) is 6.92 Å². The molecule has 0 amide bonds. The number of halogens is 10. The molecule has 1 unspecified atom stereocenters. The van der Waals surface area contributed by atoms with Crippen molar-refractivity contribution in [2.45, 2.75) is 45.2 Å². The highest BCUT2D eigenvalue weighted by Gasteiger charge is 2.55. The molecule has 0 heterocycles. The quantitative estimate of drug-likeness (QED) is 0.370. The van der Waals surface area contributed by atoms with E-state index in [1.54, 1.807) is 0 Å². The number of carboxylic acid groups (broad SMARTS) is 1. The zero-order valence-corrected chi connectivity index (χ0v) is 14.1. The normalized spacial score (nSPS) is 14.1. The van der Waals surface area contributed by atoms with Gasteiger partial charge < -0.3 is 9.84 Å². The summed E-state index contributed by atoms with van der Waals surface area (Å²) in [6.45, 7) is 4.95. The summed E-state index contributed by atoms with van der Waals surface area (Å²) in [6.07, 6.45) is -20.6. The van der Waals surface area contributed by atoms with Crippen LogP contribution in [0.15, 0.2) is 23.8 Å². The summed E-state index contributed by atoms with van der Waals surface area (Å²) in [5.41, 5.74) is -1.15. The zero-order chi connectivity index (χ0) is 23.1. The maximum absolute atomic E-state index is 12.3. The molecule has 14 heteroatoms. The van der Waals surface area contributed by atoms with Crippen molar-refractivity contribution in [2.75, 3.05) is 0 Å². The monoisotopic (exact) mass is 436 g/mol. The Morgan fingerprint density at radius 1 is 1.00 bits per heavy atom. The molecule has 0 rings (SSSR count). The summed E-state index contributed by atoms with van der Waals surface area (Å²) in [5, 5.41) is 8.16. The van der Waals surface area contributed by atoms with Gasteiger partial charge >= 0.3 is 30.5 Å². The van der Waals surface area contributed by atoms with Crippen LogP contribution in [-0.4, -0.2) is 41.9 Å². The molecular formula is C14H14F10O4. The average molecular weight is 436 g/mol. The molecule has 0 aliphatic heterocycles. The molecule has 0 spiro atoms. The lowest BCUT2D eigenvalue weighted by molar-refractivity contribution is -0.267. The van der Waals surface area contributed by atoms with Gasteiger partial charge in [0.2, 0.25) is 0 Å². The van der Waals surface area contributed by atoms with Crippen LogP contribution in [0.5, 0.6) is 0 Å². The van der Waals surface area contributed by atoms with Crippen molar-refractivity contribution in [1.82, 2.24) is 0 Å². The Kier molecular flexibility index (Phi) is 10.3. The number of esters is 1.